The molecule has 0 rings (SSSR count). The molecule has 1 nitrogen and oxygen atoms in total. The maximum atomic E-state index is 9.37. The Morgan fingerprint density at radius 2 is 2.17 bits per heavy atom. The highest BCUT2D eigenvalue weighted by Crippen LogP contribution is 2.10. The van der Waals surface area contributed by atoms with Gasteiger partial charge in [-0.1, -0.05) is 44.6 Å². The highest BCUT2D eigenvalue weighted by atomic mass is 16.3. The Labute approximate surface area is 75.8 Å². The van der Waals surface area contributed by atoms with Crippen LogP contribution in [-0.2, 0) is 0 Å². The zero-order valence-electron chi connectivity index (χ0n) is 8.21. The molecule has 0 aromatic carbocycles. The molecular formula is C11H20O. The minimum Gasteiger partial charge on any atom is -0.393 e. The van der Waals surface area contributed by atoms with Crippen LogP contribution < -0.4 is 0 Å². The topological polar surface area (TPSA) is 20.2 Å². The number of unbranched alkanes of at least 4 members (excludes halogenated alkanes) is 1. The van der Waals surface area contributed by atoms with Crippen LogP contribution in [0.1, 0.15) is 39.5 Å². The van der Waals surface area contributed by atoms with Crippen molar-refractivity contribution in [2.75, 3.05) is 0 Å². The van der Waals surface area contributed by atoms with Crippen molar-refractivity contribution in [3.63, 3.8) is 0 Å². The highest BCUT2D eigenvalue weighted by Gasteiger charge is 2.01. The summed E-state index contributed by atoms with van der Waals surface area (Å²) in [5.74, 6) is 0. The van der Waals surface area contributed by atoms with Gasteiger partial charge in [-0.2, -0.15) is 0 Å². The number of aliphatic hydroxyl groups excluding tert-OH is 1. The van der Waals surface area contributed by atoms with Crippen LogP contribution in [0.15, 0.2) is 24.3 Å². The summed E-state index contributed by atoms with van der Waals surface area (Å²) in [6.07, 6.45) is 7.60. The molecule has 12 heavy (non-hydrogen) atoms. The lowest BCUT2D eigenvalue weighted by atomic mass is 10.1. The molecule has 0 bridgehead atoms. The molecule has 0 saturated heterocycles. The molecule has 0 heterocycles. The molecule has 0 radical (unpaired) electrons. The van der Waals surface area contributed by atoms with Crippen molar-refractivity contribution < 1.29 is 5.11 Å². The molecule has 0 spiro atoms. The van der Waals surface area contributed by atoms with Crippen LogP contribution >= 0.6 is 0 Å². The fourth-order valence-electron chi connectivity index (χ4n) is 0.996. The fourth-order valence-corrected chi connectivity index (χ4v) is 0.996. The van der Waals surface area contributed by atoms with Crippen LogP contribution in [0.2, 0.25) is 0 Å². The summed E-state index contributed by atoms with van der Waals surface area (Å²) in [6, 6.07) is 0. The molecule has 0 aliphatic heterocycles. The number of hydrogen-bond donors (Lipinski definition) is 1. The first-order chi connectivity index (χ1) is 5.74. The van der Waals surface area contributed by atoms with Gasteiger partial charge in [-0.15, -0.1) is 0 Å². The van der Waals surface area contributed by atoms with Gasteiger partial charge in [0.1, 0.15) is 0 Å². The van der Waals surface area contributed by atoms with E-state index in [9.17, 15) is 5.11 Å². The summed E-state index contributed by atoms with van der Waals surface area (Å²) in [5.41, 5.74) is 1.17. The zero-order valence-corrected chi connectivity index (χ0v) is 8.21. The van der Waals surface area contributed by atoms with Crippen LogP contribution in [0, 0.1) is 0 Å². The lowest BCUT2D eigenvalue weighted by molar-refractivity contribution is 0.171. The minimum atomic E-state index is -0.203. The molecule has 1 N–H and O–H groups in total. The third kappa shape index (κ3) is 5.14. The number of hydrogen-bond acceptors (Lipinski definition) is 1. The zero-order chi connectivity index (χ0) is 9.40. The third-order valence-corrected chi connectivity index (χ3v) is 1.90. The molecule has 1 heteroatoms. The van der Waals surface area contributed by atoms with Crippen LogP contribution in [0.5, 0.6) is 0 Å². The molecule has 1 atom stereocenters. The van der Waals surface area contributed by atoms with Crippen molar-refractivity contribution >= 4 is 0 Å². The van der Waals surface area contributed by atoms with Crippen molar-refractivity contribution in [3.05, 3.63) is 24.3 Å². The first-order valence-electron chi connectivity index (χ1n) is 4.74. The van der Waals surface area contributed by atoms with E-state index in [-0.39, 0.29) is 6.10 Å². The monoisotopic (exact) mass is 168 g/mol. The SMILES string of the molecule is C=C/C(=C\CCC)CC(O)CC. The Balaban J connectivity index is 3.89. The molecule has 0 amide bonds. The van der Waals surface area contributed by atoms with E-state index < -0.39 is 0 Å². The van der Waals surface area contributed by atoms with Gasteiger partial charge in [-0.25, -0.2) is 0 Å². The average molecular weight is 168 g/mol. The van der Waals surface area contributed by atoms with E-state index in [2.05, 4.69) is 19.6 Å². The first-order valence-corrected chi connectivity index (χ1v) is 4.74. The van der Waals surface area contributed by atoms with Gasteiger partial charge in [-0.05, 0) is 19.3 Å². The fraction of sp³-hybridized carbons (Fsp3) is 0.636. The molecule has 0 aliphatic carbocycles. The summed E-state index contributed by atoms with van der Waals surface area (Å²) in [5, 5.41) is 9.37. The van der Waals surface area contributed by atoms with Crippen molar-refractivity contribution in [1.82, 2.24) is 0 Å². The molecule has 1 unspecified atom stereocenters. The van der Waals surface area contributed by atoms with Crippen LogP contribution in [0.4, 0.5) is 0 Å². The van der Waals surface area contributed by atoms with Gasteiger partial charge < -0.3 is 5.11 Å². The van der Waals surface area contributed by atoms with E-state index in [1.165, 1.54) is 5.57 Å². The Hall–Kier alpha value is -0.560. The Morgan fingerprint density at radius 3 is 2.58 bits per heavy atom. The first kappa shape index (κ1) is 11.4. The van der Waals surface area contributed by atoms with Crippen molar-refractivity contribution in [2.24, 2.45) is 0 Å². The molecule has 0 aliphatic rings. The number of allylic oxidation sites excluding steroid dienone is 2. The average Bonchev–Trinajstić information content (AvgIpc) is 2.11. The van der Waals surface area contributed by atoms with Crippen molar-refractivity contribution in [1.29, 1.82) is 0 Å². The quantitative estimate of drug-likeness (QED) is 0.604. The maximum Gasteiger partial charge on any atom is 0.0577 e. The third-order valence-electron chi connectivity index (χ3n) is 1.90. The molecule has 0 aromatic rings. The Kier molecular flexibility index (Phi) is 6.78. The highest BCUT2D eigenvalue weighted by molar-refractivity contribution is 5.16. The van der Waals surface area contributed by atoms with Gasteiger partial charge in [0.05, 0.1) is 6.10 Å². The number of rotatable bonds is 6. The second-order valence-electron chi connectivity index (χ2n) is 3.04. The summed E-state index contributed by atoms with van der Waals surface area (Å²) in [7, 11) is 0. The predicted octanol–water partition coefficient (Wildman–Crippen LogP) is 3.06. The van der Waals surface area contributed by atoms with Crippen LogP contribution in [0.25, 0.3) is 0 Å². The molecule has 70 valence electrons. The van der Waals surface area contributed by atoms with Crippen LogP contribution in [0.3, 0.4) is 0 Å². The standard InChI is InChI=1S/C11H20O/c1-4-7-8-10(5-2)9-11(12)6-3/h5,8,11-12H,2,4,6-7,9H2,1,3H3/b10-8+. The Morgan fingerprint density at radius 1 is 1.50 bits per heavy atom. The normalized spacial score (nSPS) is 14.4. The van der Waals surface area contributed by atoms with Gasteiger partial charge in [0.25, 0.3) is 0 Å². The number of aliphatic hydroxyl groups is 1. The van der Waals surface area contributed by atoms with E-state index in [0.717, 1.165) is 25.7 Å². The van der Waals surface area contributed by atoms with E-state index >= 15 is 0 Å². The maximum absolute atomic E-state index is 9.37. The predicted molar refractivity (Wildman–Crippen MR) is 54.1 cm³/mol. The summed E-state index contributed by atoms with van der Waals surface area (Å²) in [4.78, 5) is 0. The van der Waals surface area contributed by atoms with Gasteiger partial charge in [0.2, 0.25) is 0 Å². The molecule has 0 aromatic heterocycles. The summed E-state index contributed by atoms with van der Waals surface area (Å²) in [6.45, 7) is 7.86. The summed E-state index contributed by atoms with van der Waals surface area (Å²) >= 11 is 0. The van der Waals surface area contributed by atoms with E-state index in [4.69, 9.17) is 0 Å². The van der Waals surface area contributed by atoms with Gasteiger partial charge in [0, 0.05) is 0 Å². The Bertz CT molecular complexity index is 147. The van der Waals surface area contributed by atoms with Crippen molar-refractivity contribution in [3.8, 4) is 0 Å². The lowest BCUT2D eigenvalue weighted by Gasteiger charge is -2.07. The smallest absolute Gasteiger partial charge is 0.0577 e. The lowest BCUT2D eigenvalue weighted by Crippen LogP contribution is -2.04. The summed E-state index contributed by atoms with van der Waals surface area (Å²) < 4.78 is 0. The van der Waals surface area contributed by atoms with Gasteiger partial charge >= 0.3 is 0 Å². The molecule has 0 fully saturated rings. The van der Waals surface area contributed by atoms with E-state index in [1.807, 2.05) is 13.0 Å². The second-order valence-corrected chi connectivity index (χ2v) is 3.04. The molecule has 0 saturated carbocycles. The largest absolute Gasteiger partial charge is 0.393 e. The van der Waals surface area contributed by atoms with Crippen LogP contribution in [-0.4, -0.2) is 11.2 Å². The minimum absolute atomic E-state index is 0.203. The van der Waals surface area contributed by atoms with Gasteiger partial charge in [-0.3, -0.25) is 0 Å². The van der Waals surface area contributed by atoms with E-state index in [0.29, 0.717) is 0 Å². The van der Waals surface area contributed by atoms with E-state index in [1.54, 1.807) is 0 Å². The van der Waals surface area contributed by atoms with Gasteiger partial charge in [0.15, 0.2) is 0 Å². The second kappa shape index (κ2) is 7.11. The van der Waals surface area contributed by atoms with Crippen molar-refractivity contribution in [2.45, 2.75) is 45.6 Å². The molecular weight excluding hydrogens is 148 g/mol.